The predicted octanol–water partition coefficient (Wildman–Crippen LogP) is 4.08. The van der Waals surface area contributed by atoms with E-state index < -0.39 is 6.61 Å². The van der Waals surface area contributed by atoms with E-state index in [9.17, 15) is 13.6 Å². The molecule has 4 rings (SSSR count). The summed E-state index contributed by atoms with van der Waals surface area (Å²) in [7, 11) is 0. The molecule has 1 fully saturated rings. The molecular formula is C23H24F2N4O3. The Hall–Kier alpha value is -3.30. The van der Waals surface area contributed by atoms with Crippen LogP contribution in [-0.2, 0) is 11.3 Å². The summed E-state index contributed by atoms with van der Waals surface area (Å²) in [5.74, 6) is -0.314. The van der Waals surface area contributed by atoms with Crippen LogP contribution in [0.4, 0.5) is 14.5 Å². The van der Waals surface area contributed by atoms with Crippen LogP contribution in [0.1, 0.15) is 29.1 Å². The SMILES string of the molecule is CCn1nc(C(=O)Nc2ccc(C3CNCCO3)cc2)cc1-c1cccc(OC(F)F)c1. The van der Waals surface area contributed by atoms with E-state index in [1.165, 1.54) is 12.1 Å². The zero-order chi connectivity index (χ0) is 22.5. The van der Waals surface area contributed by atoms with E-state index in [1.54, 1.807) is 22.9 Å². The lowest BCUT2D eigenvalue weighted by molar-refractivity contribution is -0.0498. The van der Waals surface area contributed by atoms with Crippen molar-refractivity contribution in [2.24, 2.45) is 0 Å². The second kappa shape index (κ2) is 9.88. The summed E-state index contributed by atoms with van der Waals surface area (Å²) in [6, 6.07) is 15.5. The Morgan fingerprint density at radius 2 is 2.09 bits per heavy atom. The van der Waals surface area contributed by atoms with E-state index in [4.69, 9.17) is 4.74 Å². The lowest BCUT2D eigenvalue weighted by Gasteiger charge is -2.24. The standard InChI is InChI=1S/C23H24F2N4O3/c1-2-29-20(16-4-3-5-18(12-16)32-23(24)25)13-19(28-29)22(30)27-17-8-6-15(7-9-17)21-14-26-10-11-31-21/h3-9,12-13,21,23,26H,2,10-11,14H2,1H3,(H,27,30). The van der Waals surface area contributed by atoms with Gasteiger partial charge in [0.05, 0.1) is 18.4 Å². The number of halogens is 2. The fourth-order valence-electron chi connectivity index (χ4n) is 3.59. The number of aryl methyl sites for hydroxylation is 1. The topological polar surface area (TPSA) is 77.4 Å². The van der Waals surface area contributed by atoms with Crippen LogP contribution in [0.15, 0.2) is 54.6 Å². The summed E-state index contributed by atoms with van der Waals surface area (Å²) in [5.41, 5.74) is 3.17. The molecule has 0 bridgehead atoms. The highest BCUT2D eigenvalue weighted by molar-refractivity contribution is 6.03. The fraction of sp³-hybridized carbons (Fsp3) is 0.304. The number of morpholine rings is 1. The van der Waals surface area contributed by atoms with Gasteiger partial charge in [-0.2, -0.15) is 13.9 Å². The van der Waals surface area contributed by atoms with Gasteiger partial charge in [-0.25, -0.2) is 0 Å². The summed E-state index contributed by atoms with van der Waals surface area (Å²) < 4.78 is 37.0. The molecule has 0 saturated carbocycles. The van der Waals surface area contributed by atoms with Crippen molar-refractivity contribution in [3.05, 3.63) is 65.9 Å². The van der Waals surface area contributed by atoms with Gasteiger partial charge in [0.2, 0.25) is 0 Å². The molecule has 2 aromatic carbocycles. The van der Waals surface area contributed by atoms with Gasteiger partial charge < -0.3 is 20.1 Å². The highest BCUT2D eigenvalue weighted by Gasteiger charge is 2.18. The van der Waals surface area contributed by atoms with E-state index in [2.05, 4.69) is 20.5 Å². The summed E-state index contributed by atoms with van der Waals surface area (Å²) in [6.45, 7) is 1.76. The number of hydrogen-bond acceptors (Lipinski definition) is 5. The molecule has 0 aliphatic carbocycles. The zero-order valence-corrected chi connectivity index (χ0v) is 17.6. The summed E-state index contributed by atoms with van der Waals surface area (Å²) in [5, 5.41) is 10.5. The second-order valence-corrected chi connectivity index (χ2v) is 7.28. The van der Waals surface area contributed by atoms with Gasteiger partial charge in [-0.05, 0) is 42.8 Å². The van der Waals surface area contributed by atoms with Crippen molar-refractivity contribution < 1.29 is 23.0 Å². The van der Waals surface area contributed by atoms with Crippen LogP contribution in [-0.4, -0.2) is 42.0 Å². The molecule has 3 aromatic rings. The smallest absolute Gasteiger partial charge is 0.387 e. The van der Waals surface area contributed by atoms with Crippen molar-refractivity contribution in [1.29, 1.82) is 0 Å². The number of ether oxygens (including phenoxy) is 2. The molecule has 1 saturated heterocycles. The molecule has 1 atom stereocenters. The molecular weight excluding hydrogens is 418 g/mol. The Kier molecular flexibility index (Phi) is 6.77. The monoisotopic (exact) mass is 442 g/mol. The molecule has 2 N–H and O–H groups in total. The largest absolute Gasteiger partial charge is 0.435 e. The number of nitrogens with zero attached hydrogens (tertiary/aromatic N) is 2. The van der Waals surface area contributed by atoms with Gasteiger partial charge in [0.25, 0.3) is 5.91 Å². The molecule has 32 heavy (non-hydrogen) atoms. The van der Waals surface area contributed by atoms with Crippen LogP contribution in [0.5, 0.6) is 5.75 Å². The lowest BCUT2D eigenvalue weighted by Crippen LogP contribution is -2.33. The van der Waals surface area contributed by atoms with Crippen molar-refractivity contribution in [2.75, 3.05) is 25.0 Å². The van der Waals surface area contributed by atoms with Gasteiger partial charge in [0, 0.05) is 30.9 Å². The quantitative estimate of drug-likeness (QED) is 0.577. The van der Waals surface area contributed by atoms with E-state index in [0.29, 0.717) is 30.1 Å². The van der Waals surface area contributed by atoms with Crippen LogP contribution in [0.25, 0.3) is 11.3 Å². The van der Waals surface area contributed by atoms with E-state index in [-0.39, 0.29) is 23.5 Å². The van der Waals surface area contributed by atoms with Crippen molar-refractivity contribution in [3.8, 4) is 17.0 Å². The van der Waals surface area contributed by atoms with Crippen LogP contribution < -0.4 is 15.4 Å². The molecule has 7 nitrogen and oxygen atoms in total. The number of carbonyl (C=O) groups is 1. The maximum atomic E-state index is 12.8. The number of anilines is 1. The molecule has 168 valence electrons. The molecule has 1 aliphatic heterocycles. The number of rotatable bonds is 7. The number of hydrogen-bond donors (Lipinski definition) is 2. The van der Waals surface area contributed by atoms with Gasteiger partial charge in [-0.1, -0.05) is 24.3 Å². The number of aromatic nitrogens is 2. The number of benzene rings is 2. The predicted molar refractivity (Wildman–Crippen MR) is 116 cm³/mol. The van der Waals surface area contributed by atoms with Crippen LogP contribution in [0, 0.1) is 0 Å². The van der Waals surface area contributed by atoms with Gasteiger partial charge in [0.1, 0.15) is 5.75 Å². The van der Waals surface area contributed by atoms with Gasteiger partial charge >= 0.3 is 6.61 Å². The van der Waals surface area contributed by atoms with Gasteiger partial charge in [0.15, 0.2) is 5.69 Å². The van der Waals surface area contributed by atoms with E-state index >= 15 is 0 Å². The highest BCUT2D eigenvalue weighted by Crippen LogP contribution is 2.26. The molecule has 0 spiro atoms. The Bertz CT molecular complexity index is 1060. The second-order valence-electron chi connectivity index (χ2n) is 7.28. The molecule has 2 heterocycles. The first kappa shape index (κ1) is 21.9. The first-order valence-electron chi connectivity index (χ1n) is 10.4. The van der Waals surface area contributed by atoms with Gasteiger partial charge in [-0.15, -0.1) is 0 Å². The molecule has 1 amide bonds. The third-order valence-corrected chi connectivity index (χ3v) is 5.14. The third-order valence-electron chi connectivity index (χ3n) is 5.14. The summed E-state index contributed by atoms with van der Waals surface area (Å²) in [6.07, 6.45) is 0.00104. The molecule has 1 unspecified atom stereocenters. The maximum Gasteiger partial charge on any atom is 0.387 e. The minimum atomic E-state index is -2.91. The first-order valence-corrected chi connectivity index (χ1v) is 10.4. The minimum absolute atomic E-state index is 0.00104. The fourth-order valence-corrected chi connectivity index (χ4v) is 3.59. The van der Waals surface area contributed by atoms with Gasteiger partial charge in [-0.3, -0.25) is 9.48 Å². The zero-order valence-electron chi connectivity index (χ0n) is 17.6. The molecule has 0 radical (unpaired) electrons. The first-order chi connectivity index (χ1) is 15.5. The molecule has 1 aromatic heterocycles. The summed E-state index contributed by atoms with van der Waals surface area (Å²) in [4.78, 5) is 12.8. The summed E-state index contributed by atoms with van der Waals surface area (Å²) >= 11 is 0. The number of amides is 1. The van der Waals surface area contributed by atoms with Crippen LogP contribution in [0.2, 0.25) is 0 Å². The Morgan fingerprint density at radius 1 is 1.28 bits per heavy atom. The lowest BCUT2D eigenvalue weighted by atomic mass is 10.1. The van der Waals surface area contributed by atoms with E-state index in [0.717, 1.165) is 18.7 Å². The molecule has 1 aliphatic rings. The van der Waals surface area contributed by atoms with Crippen molar-refractivity contribution in [2.45, 2.75) is 26.2 Å². The normalized spacial score (nSPS) is 16.2. The average Bonchev–Trinajstić information content (AvgIpc) is 3.25. The van der Waals surface area contributed by atoms with Crippen LogP contribution in [0.3, 0.4) is 0 Å². The average molecular weight is 442 g/mol. The van der Waals surface area contributed by atoms with Crippen LogP contribution >= 0.6 is 0 Å². The number of nitrogens with one attached hydrogen (secondary N) is 2. The van der Waals surface area contributed by atoms with Crippen molar-refractivity contribution in [3.63, 3.8) is 0 Å². The molecule has 9 heteroatoms. The van der Waals surface area contributed by atoms with E-state index in [1.807, 2.05) is 31.2 Å². The van der Waals surface area contributed by atoms with Crippen molar-refractivity contribution >= 4 is 11.6 Å². The third kappa shape index (κ3) is 5.12. The Labute approximate surface area is 184 Å². The number of alkyl halides is 2. The minimum Gasteiger partial charge on any atom is -0.435 e. The number of carbonyl (C=O) groups excluding carboxylic acids is 1. The van der Waals surface area contributed by atoms with Crippen molar-refractivity contribution in [1.82, 2.24) is 15.1 Å². The Morgan fingerprint density at radius 3 is 2.78 bits per heavy atom. The maximum absolute atomic E-state index is 12.8. The highest BCUT2D eigenvalue weighted by atomic mass is 19.3. The Balaban J connectivity index is 1.49.